The van der Waals surface area contributed by atoms with E-state index in [0.29, 0.717) is 0 Å². The van der Waals surface area contributed by atoms with Crippen LogP contribution in [0, 0.1) is 20.2 Å². The highest BCUT2D eigenvalue weighted by molar-refractivity contribution is 5.78. The molecule has 0 atom stereocenters. The van der Waals surface area contributed by atoms with Crippen molar-refractivity contribution in [2.75, 3.05) is 10.9 Å². The van der Waals surface area contributed by atoms with E-state index in [2.05, 4.69) is 52.3 Å². The van der Waals surface area contributed by atoms with E-state index in [4.69, 9.17) is 11.5 Å². The summed E-state index contributed by atoms with van der Waals surface area (Å²) < 4.78 is 0. The lowest BCUT2D eigenvalue weighted by molar-refractivity contribution is -0.485. The lowest BCUT2D eigenvalue weighted by Crippen LogP contribution is -2.38. The summed E-state index contributed by atoms with van der Waals surface area (Å²) in [5.74, 6) is -1.50. The highest BCUT2D eigenvalue weighted by Crippen LogP contribution is 1.93. The van der Waals surface area contributed by atoms with E-state index < -0.39 is 22.0 Å². The van der Waals surface area contributed by atoms with E-state index in [1.807, 2.05) is 0 Å². The molecule has 1 rings (SSSR count). The number of anilines is 2. The number of nitrogens with two attached hydrogens (primary N) is 2. The maximum Gasteiger partial charge on any atom is 0.284 e. The van der Waals surface area contributed by atoms with Crippen LogP contribution in [0.3, 0.4) is 0 Å². The fourth-order valence-electron chi connectivity index (χ4n) is 0.795. The number of hydrogen-bond acceptors (Lipinski definition) is 10. The first-order valence-electron chi connectivity index (χ1n) is 4.95. The molecule has 18 nitrogen and oxygen atoms in total. The van der Waals surface area contributed by atoms with Crippen LogP contribution in [-0.4, -0.2) is 42.4 Å². The maximum absolute atomic E-state index is 10.00. The Morgan fingerprint density at radius 3 is 1.45 bits per heavy atom. The van der Waals surface area contributed by atoms with Gasteiger partial charge in [0.2, 0.25) is 0 Å². The van der Waals surface area contributed by atoms with Crippen molar-refractivity contribution in [1.82, 2.24) is 31.2 Å². The third kappa shape index (κ3) is 6.17. The number of hydrazone groups is 2. The van der Waals surface area contributed by atoms with E-state index in [0.717, 1.165) is 0 Å². The molecule has 0 radical (unpaired) electrons. The third-order valence-corrected chi connectivity index (χ3v) is 1.46. The molecule has 0 fully saturated rings. The van der Waals surface area contributed by atoms with E-state index in [-0.39, 0.29) is 11.9 Å². The first kappa shape index (κ1) is 15.9. The summed E-state index contributed by atoms with van der Waals surface area (Å²) in [5.41, 5.74) is 18.9. The number of nitrogens with one attached hydrogen (secondary N) is 4. The number of aromatic nitrogens is 4. The normalized spacial score (nSPS) is 11.5. The van der Waals surface area contributed by atoms with Crippen LogP contribution in [0.1, 0.15) is 0 Å². The molecule has 0 saturated carbocycles. The molecule has 0 aliphatic heterocycles. The Hall–Kier alpha value is -4.12. The zero-order valence-electron chi connectivity index (χ0n) is 10.4. The van der Waals surface area contributed by atoms with Gasteiger partial charge in [0.25, 0.3) is 23.8 Å². The number of guanidine groups is 2. The molecule has 1 aromatic heterocycles. The van der Waals surface area contributed by atoms with Gasteiger partial charge in [0, 0.05) is 0 Å². The van der Waals surface area contributed by atoms with Gasteiger partial charge in [-0.3, -0.25) is 21.7 Å². The quantitative estimate of drug-likeness (QED) is 0.127. The van der Waals surface area contributed by atoms with E-state index in [9.17, 15) is 20.2 Å². The second-order valence-electron chi connectivity index (χ2n) is 2.99. The van der Waals surface area contributed by atoms with Gasteiger partial charge >= 0.3 is 0 Å². The zero-order chi connectivity index (χ0) is 16.5. The molecule has 0 amide bonds. The number of nitro groups is 2. The number of hydrogen-bond donors (Lipinski definition) is 6. The number of nitrogens with zero attached hydrogens (tertiary/aromatic N) is 8. The van der Waals surface area contributed by atoms with Crippen LogP contribution in [0.5, 0.6) is 0 Å². The molecule has 0 bridgehead atoms. The van der Waals surface area contributed by atoms with Gasteiger partial charge in [-0.1, -0.05) is 0 Å². The molecule has 22 heavy (non-hydrogen) atoms. The molecule has 8 N–H and O–H groups in total. The van der Waals surface area contributed by atoms with E-state index in [1.165, 1.54) is 0 Å². The Balaban J connectivity index is 2.50. The Bertz CT molecular complexity index is 540. The van der Waals surface area contributed by atoms with Crippen molar-refractivity contribution >= 4 is 23.8 Å². The fraction of sp³-hybridized carbons (Fsp3) is 0. The summed E-state index contributed by atoms with van der Waals surface area (Å²) in [6, 6.07) is 0. The highest BCUT2D eigenvalue weighted by Gasteiger charge is 2.04. The van der Waals surface area contributed by atoms with Crippen molar-refractivity contribution in [1.29, 1.82) is 0 Å². The van der Waals surface area contributed by atoms with Crippen molar-refractivity contribution < 1.29 is 10.1 Å². The molecule has 0 aliphatic rings. The second-order valence-corrected chi connectivity index (χ2v) is 2.99. The van der Waals surface area contributed by atoms with Crippen molar-refractivity contribution in [3.63, 3.8) is 0 Å². The standard InChI is InChI=1S/C4H8N14O4/c5-1(15-17(19)20)7-9-3-11-13-4(14-12-3)10-8-2(6)16-18(21)22/h(H3,5,7,15)(H3,6,8,16)(H,9,11,12)(H,10,13,14). The van der Waals surface area contributed by atoms with Crippen molar-refractivity contribution in [3.8, 4) is 0 Å². The number of rotatable bonds is 6. The molecular formula is C4H8N14O4. The van der Waals surface area contributed by atoms with Crippen LogP contribution in [0.25, 0.3) is 0 Å². The summed E-state index contributed by atoms with van der Waals surface area (Å²) in [7, 11) is 0. The van der Waals surface area contributed by atoms with Crippen LogP contribution >= 0.6 is 0 Å². The van der Waals surface area contributed by atoms with Gasteiger partial charge in [0.15, 0.2) is 10.1 Å². The molecule has 0 aromatic carbocycles. The SMILES string of the molecule is N/C(=N\[N+](=O)[O-])NNc1nnc(NN/C(N)=N/[N+](=O)[O-])nn1. The highest BCUT2D eigenvalue weighted by atomic mass is 16.7. The van der Waals surface area contributed by atoms with Crippen molar-refractivity contribution in [3.05, 3.63) is 20.2 Å². The molecular weight excluding hydrogens is 308 g/mol. The molecule has 0 spiro atoms. The lowest BCUT2D eigenvalue weighted by atomic mass is 11.0. The average molecular weight is 316 g/mol. The van der Waals surface area contributed by atoms with Crippen LogP contribution in [0.15, 0.2) is 10.2 Å². The predicted octanol–water partition coefficient (Wildman–Crippen LogP) is -3.89. The maximum atomic E-state index is 10.00. The van der Waals surface area contributed by atoms with Gasteiger partial charge in [-0.15, -0.1) is 20.4 Å². The molecule has 0 saturated heterocycles. The Kier molecular flexibility index (Phi) is 5.41. The molecule has 18 heteroatoms. The minimum absolute atomic E-state index is 0.195. The first-order valence-corrected chi connectivity index (χ1v) is 4.95. The monoisotopic (exact) mass is 316 g/mol. The summed E-state index contributed by atoms with van der Waals surface area (Å²) in [6.45, 7) is 0. The minimum atomic E-state index is -1.02. The van der Waals surface area contributed by atoms with Gasteiger partial charge < -0.3 is 11.5 Å². The summed E-state index contributed by atoms with van der Waals surface area (Å²) in [4.78, 5) is 20.0. The summed E-state index contributed by atoms with van der Waals surface area (Å²) in [6.07, 6.45) is 0. The van der Waals surface area contributed by atoms with Gasteiger partial charge in [-0.05, 0) is 0 Å². The summed E-state index contributed by atoms with van der Waals surface area (Å²) >= 11 is 0. The Labute approximate surface area is 119 Å². The van der Waals surface area contributed by atoms with Gasteiger partial charge in [-0.2, -0.15) is 0 Å². The lowest BCUT2D eigenvalue weighted by Gasteiger charge is -2.05. The van der Waals surface area contributed by atoms with Gasteiger partial charge in [-0.25, -0.2) is 20.2 Å². The minimum Gasteiger partial charge on any atom is -0.363 e. The van der Waals surface area contributed by atoms with Crippen LogP contribution in [0.4, 0.5) is 11.9 Å². The van der Waals surface area contributed by atoms with Crippen LogP contribution in [-0.2, 0) is 0 Å². The van der Waals surface area contributed by atoms with Crippen molar-refractivity contribution in [2.45, 2.75) is 0 Å². The molecule has 0 unspecified atom stereocenters. The topological polar surface area (TPSA) is 263 Å². The predicted molar refractivity (Wildman–Crippen MR) is 68.4 cm³/mol. The third-order valence-electron chi connectivity index (χ3n) is 1.46. The molecule has 1 aromatic rings. The smallest absolute Gasteiger partial charge is 0.284 e. The van der Waals surface area contributed by atoms with Gasteiger partial charge in [0.1, 0.15) is 10.2 Å². The molecule has 118 valence electrons. The van der Waals surface area contributed by atoms with Crippen LogP contribution < -0.4 is 33.2 Å². The largest absolute Gasteiger partial charge is 0.363 e. The van der Waals surface area contributed by atoms with E-state index in [1.54, 1.807) is 0 Å². The number of hydrazine groups is 2. The first-order chi connectivity index (χ1) is 10.4. The molecule has 1 heterocycles. The van der Waals surface area contributed by atoms with Crippen LogP contribution in [0.2, 0.25) is 0 Å². The Morgan fingerprint density at radius 2 is 1.18 bits per heavy atom. The second kappa shape index (κ2) is 7.46. The molecule has 0 aliphatic carbocycles. The fourth-order valence-corrected chi connectivity index (χ4v) is 0.795. The Morgan fingerprint density at radius 1 is 0.864 bits per heavy atom. The van der Waals surface area contributed by atoms with E-state index >= 15 is 0 Å². The van der Waals surface area contributed by atoms with Gasteiger partial charge in [0.05, 0.1) is 0 Å². The summed E-state index contributed by atoms with van der Waals surface area (Å²) in [5, 5.41) is 37.3. The van der Waals surface area contributed by atoms with Crippen molar-refractivity contribution in [2.24, 2.45) is 21.7 Å². The average Bonchev–Trinajstić information content (AvgIpc) is 2.42. The zero-order valence-corrected chi connectivity index (χ0v) is 10.4.